The third-order valence-electron chi connectivity index (χ3n) is 5.00. The van der Waals surface area contributed by atoms with E-state index >= 15 is 0 Å². The maximum atomic E-state index is 12.9. The molecule has 0 aliphatic carbocycles. The monoisotopic (exact) mass is 428 g/mol. The van der Waals surface area contributed by atoms with Gasteiger partial charge in [-0.1, -0.05) is 30.3 Å². The molecule has 1 N–H and O–H groups in total. The van der Waals surface area contributed by atoms with E-state index in [4.69, 9.17) is 4.74 Å². The van der Waals surface area contributed by atoms with Crippen LogP contribution in [0.25, 0.3) is 0 Å². The Morgan fingerprint density at radius 1 is 1.10 bits per heavy atom. The number of benzene rings is 1. The smallest absolute Gasteiger partial charge is 0.381 e. The topological polar surface area (TPSA) is 85.4 Å². The second-order valence-corrected chi connectivity index (χ2v) is 8.60. The summed E-state index contributed by atoms with van der Waals surface area (Å²) in [6, 6.07) is 11.7. The molecule has 1 aromatic carbocycles. The lowest BCUT2D eigenvalue weighted by Crippen LogP contribution is -2.45. The van der Waals surface area contributed by atoms with Crippen LogP contribution < -0.4 is 5.32 Å². The number of rotatable bonds is 5. The van der Waals surface area contributed by atoms with Crippen LogP contribution in [-0.2, 0) is 20.0 Å². The van der Waals surface area contributed by atoms with E-state index in [0.29, 0.717) is 26.1 Å². The lowest BCUT2D eigenvalue weighted by atomic mass is 9.74. The zero-order chi connectivity index (χ0) is 21.1. The summed E-state index contributed by atoms with van der Waals surface area (Å²) in [5, 5.41) is 1.31. The van der Waals surface area contributed by atoms with Gasteiger partial charge in [0.15, 0.2) is 5.03 Å². The van der Waals surface area contributed by atoms with Crippen molar-refractivity contribution >= 4 is 15.7 Å². The Hall–Kier alpha value is -2.46. The summed E-state index contributed by atoms with van der Waals surface area (Å²) in [6.07, 6.45) is 2.12. The van der Waals surface area contributed by atoms with Crippen molar-refractivity contribution in [3.05, 3.63) is 59.8 Å². The average molecular weight is 428 g/mol. The van der Waals surface area contributed by atoms with Crippen molar-refractivity contribution in [1.82, 2.24) is 10.3 Å². The molecule has 0 unspecified atom stereocenters. The first kappa shape index (κ1) is 21.3. The van der Waals surface area contributed by atoms with E-state index in [9.17, 15) is 26.4 Å². The van der Waals surface area contributed by atoms with Gasteiger partial charge < -0.3 is 10.1 Å². The predicted octanol–water partition coefficient (Wildman–Crippen LogP) is 2.85. The van der Waals surface area contributed by atoms with Crippen LogP contribution >= 0.6 is 0 Å². The Labute approximate surface area is 166 Å². The Morgan fingerprint density at radius 3 is 2.38 bits per heavy atom. The molecule has 0 atom stereocenters. The molecule has 6 nitrogen and oxygen atoms in total. The average Bonchev–Trinajstić information content (AvgIpc) is 2.72. The molecular formula is C19H19F3N2O4S. The normalized spacial score (nSPS) is 16.9. The van der Waals surface area contributed by atoms with Crippen LogP contribution in [0.4, 0.5) is 13.2 Å². The Balaban J connectivity index is 1.88. The predicted molar refractivity (Wildman–Crippen MR) is 98.0 cm³/mol. The highest BCUT2D eigenvalue weighted by Gasteiger charge is 2.49. The highest BCUT2D eigenvalue weighted by atomic mass is 32.2. The quantitative estimate of drug-likeness (QED) is 0.792. The van der Waals surface area contributed by atoms with Crippen molar-refractivity contribution in [1.29, 1.82) is 0 Å². The van der Waals surface area contributed by atoms with E-state index in [-0.39, 0.29) is 6.54 Å². The van der Waals surface area contributed by atoms with Crippen LogP contribution in [0.15, 0.2) is 53.7 Å². The highest BCUT2D eigenvalue weighted by Crippen LogP contribution is 2.35. The second-order valence-electron chi connectivity index (χ2n) is 6.75. The van der Waals surface area contributed by atoms with Crippen molar-refractivity contribution in [3.8, 4) is 0 Å². The van der Waals surface area contributed by atoms with Crippen LogP contribution in [0.5, 0.6) is 0 Å². The van der Waals surface area contributed by atoms with E-state index in [0.717, 1.165) is 17.8 Å². The molecule has 2 heterocycles. The molecule has 3 rings (SSSR count). The molecule has 1 aliphatic heterocycles. The fourth-order valence-electron chi connectivity index (χ4n) is 3.35. The number of sulfone groups is 1. The van der Waals surface area contributed by atoms with Gasteiger partial charge in [-0.2, -0.15) is 13.2 Å². The largest absolute Gasteiger partial charge is 0.503 e. The number of halogens is 3. The van der Waals surface area contributed by atoms with E-state index in [1.54, 1.807) is 0 Å². The molecule has 1 amide bonds. The summed E-state index contributed by atoms with van der Waals surface area (Å²) in [4.78, 5) is 16.0. The zero-order valence-corrected chi connectivity index (χ0v) is 16.1. The number of nitrogens with zero attached hydrogens (tertiary/aromatic N) is 1. The number of carbonyl (C=O) groups is 1. The number of pyridine rings is 1. The number of carbonyl (C=O) groups excluding carboxylic acids is 1. The molecule has 0 bridgehead atoms. The number of alkyl halides is 3. The summed E-state index contributed by atoms with van der Waals surface area (Å²) in [6.45, 7) is 1.08. The van der Waals surface area contributed by atoms with Crippen molar-refractivity contribution < 1.29 is 31.1 Å². The molecule has 156 valence electrons. The minimum absolute atomic E-state index is 0.125. The third kappa shape index (κ3) is 4.27. The van der Waals surface area contributed by atoms with Crippen LogP contribution in [0.2, 0.25) is 0 Å². The first-order chi connectivity index (χ1) is 13.7. The van der Waals surface area contributed by atoms with Crippen molar-refractivity contribution in [2.24, 2.45) is 0 Å². The van der Waals surface area contributed by atoms with Gasteiger partial charge in [0.1, 0.15) is 0 Å². The highest BCUT2D eigenvalue weighted by molar-refractivity contribution is 7.92. The molecule has 0 spiro atoms. The number of nitrogens with one attached hydrogen (secondary N) is 1. The molecule has 0 saturated carbocycles. The van der Waals surface area contributed by atoms with E-state index in [1.165, 1.54) is 6.07 Å². The van der Waals surface area contributed by atoms with Gasteiger partial charge in [0.05, 0.1) is 5.56 Å². The van der Waals surface area contributed by atoms with Gasteiger partial charge in [-0.25, -0.2) is 13.4 Å². The fraction of sp³-hybridized carbons (Fsp3) is 0.368. The number of aromatic nitrogens is 1. The molecule has 10 heteroatoms. The number of hydrogen-bond donors (Lipinski definition) is 1. The van der Waals surface area contributed by atoms with Gasteiger partial charge in [-0.3, -0.25) is 4.79 Å². The minimum Gasteiger partial charge on any atom is -0.381 e. The van der Waals surface area contributed by atoms with Gasteiger partial charge in [0, 0.05) is 31.4 Å². The standard InChI is InChI=1S/C19H19F3N2O4S/c20-19(21,22)29(26,27)17-15(7-4-10-23-17)16(25)24-13-18(8-11-28-12-9-18)14-5-2-1-3-6-14/h1-7,10H,8-9,11-13H2,(H,24,25). The van der Waals surface area contributed by atoms with Crippen LogP contribution in [0, 0.1) is 0 Å². The Bertz CT molecular complexity index is 972. The second kappa shape index (κ2) is 8.11. The van der Waals surface area contributed by atoms with Gasteiger partial charge >= 0.3 is 5.51 Å². The SMILES string of the molecule is O=C(NCC1(c2ccccc2)CCOCC1)c1cccnc1S(=O)(=O)C(F)(F)F. The zero-order valence-electron chi connectivity index (χ0n) is 15.3. The summed E-state index contributed by atoms with van der Waals surface area (Å²) in [5.41, 5.74) is -5.68. The Morgan fingerprint density at radius 2 is 1.76 bits per heavy atom. The molecule has 1 fully saturated rings. The molecule has 2 aromatic rings. The van der Waals surface area contributed by atoms with Crippen molar-refractivity contribution in [3.63, 3.8) is 0 Å². The van der Waals surface area contributed by atoms with E-state index < -0.39 is 37.3 Å². The lowest BCUT2D eigenvalue weighted by Gasteiger charge is -2.38. The van der Waals surface area contributed by atoms with Crippen LogP contribution in [0.3, 0.4) is 0 Å². The van der Waals surface area contributed by atoms with Gasteiger partial charge in [-0.15, -0.1) is 0 Å². The molecular weight excluding hydrogens is 409 g/mol. The lowest BCUT2D eigenvalue weighted by molar-refractivity contribution is -0.0438. The summed E-state index contributed by atoms with van der Waals surface area (Å²) in [5.74, 6) is -0.928. The molecule has 1 aliphatic rings. The fourth-order valence-corrected chi connectivity index (χ4v) is 4.22. The molecule has 29 heavy (non-hydrogen) atoms. The van der Waals surface area contributed by atoms with E-state index in [2.05, 4.69) is 10.3 Å². The maximum Gasteiger partial charge on any atom is 0.503 e. The number of hydrogen-bond acceptors (Lipinski definition) is 5. The summed E-state index contributed by atoms with van der Waals surface area (Å²) >= 11 is 0. The first-order valence-electron chi connectivity index (χ1n) is 8.85. The Kier molecular flexibility index (Phi) is 5.95. The summed E-state index contributed by atoms with van der Waals surface area (Å²) in [7, 11) is -5.75. The number of amides is 1. The first-order valence-corrected chi connectivity index (χ1v) is 10.3. The van der Waals surface area contributed by atoms with Gasteiger partial charge in [0.2, 0.25) is 0 Å². The van der Waals surface area contributed by atoms with Crippen LogP contribution in [-0.4, -0.2) is 44.6 Å². The van der Waals surface area contributed by atoms with Gasteiger partial charge in [0.25, 0.3) is 15.7 Å². The third-order valence-corrected chi connectivity index (χ3v) is 6.44. The van der Waals surface area contributed by atoms with Crippen LogP contribution in [0.1, 0.15) is 28.8 Å². The van der Waals surface area contributed by atoms with Crippen molar-refractivity contribution in [2.45, 2.75) is 28.8 Å². The molecule has 0 radical (unpaired) electrons. The molecule has 1 aromatic heterocycles. The molecule has 1 saturated heterocycles. The van der Waals surface area contributed by atoms with E-state index in [1.807, 2.05) is 30.3 Å². The van der Waals surface area contributed by atoms with Gasteiger partial charge in [-0.05, 0) is 30.5 Å². The summed E-state index contributed by atoms with van der Waals surface area (Å²) < 4.78 is 67.8. The number of ether oxygens (including phenoxy) is 1. The minimum atomic E-state index is -5.75. The maximum absolute atomic E-state index is 12.9. The van der Waals surface area contributed by atoms with Crippen molar-refractivity contribution in [2.75, 3.05) is 19.8 Å².